The zero-order valence-electron chi connectivity index (χ0n) is 13.7. The van der Waals surface area contributed by atoms with Crippen molar-refractivity contribution in [3.05, 3.63) is 59.7 Å². The van der Waals surface area contributed by atoms with Gasteiger partial charge in [-0.15, -0.1) is 0 Å². The maximum Gasteiger partial charge on any atom is 0.338 e. The van der Waals surface area contributed by atoms with Crippen molar-refractivity contribution < 1.29 is 19.1 Å². The van der Waals surface area contributed by atoms with E-state index in [0.717, 1.165) is 5.56 Å². The van der Waals surface area contributed by atoms with E-state index in [1.165, 1.54) is 0 Å². The quantitative estimate of drug-likeness (QED) is 0.794. The molecule has 0 bridgehead atoms. The van der Waals surface area contributed by atoms with Crippen molar-refractivity contribution in [3.63, 3.8) is 0 Å². The van der Waals surface area contributed by atoms with Crippen LogP contribution in [-0.4, -0.2) is 25.7 Å². The van der Waals surface area contributed by atoms with Crippen molar-refractivity contribution in [1.29, 1.82) is 0 Å². The third-order valence-electron chi connectivity index (χ3n) is 3.15. The van der Waals surface area contributed by atoms with Gasteiger partial charge in [-0.1, -0.05) is 18.2 Å². The number of anilines is 2. The van der Waals surface area contributed by atoms with Crippen LogP contribution in [0.3, 0.4) is 0 Å². The summed E-state index contributed by atoms with van der Waals surface area (Å²) in [5.41, 5.74) is 2.58. The Kier molecular flexibility index (Phi) is 6.33. The molecule has 2 aromatic carbocycles. The third-order valence-corrected chi connectivity index (χ3v) is 3.15. The van der Waals surface area contributed by atoms with Gasteiger partial charge in [-0.25, -0.2) is 9.59 Å². The van der Waals surface area contributed by atoms with E-state index in [2.05, 4.69) is 10.6 Å². The first-order valence-electron chi connectivity index (χ1n) is 7.55. The Morgan fingerprint density at radius 1 is 1.00 bits per heavy atom. The first kappa shape index (κ1) is 17.5. The monoisotopic (exact) mass is 328 g/mol. The van der Waals surface area contributed by atoms with E-state index in [9.17, 15) is 9.59 Å². The topological polar surface area (TPSA) is 76.7 Å². The number of carbonyl (C=O) groups excluding carboxylic acids is 2. The molecule has 2 amide bonds. The van der Waals surface area contributed by atoms with Crippen LogP contribution in [0.15, 0.2) is 48.5 Å². The number of methoxy groups -OCH3 is 1. The highest BCUT2D eigenvalue weighted by atomic mass is 16.5. The van der Waals surface area contributed by atoms with E-state index in [1.807, 2.05) is 12.1 Å². The largest absolute Gasteiger partial charge is 0.462 e. The van der Waals surface area contributed by atoms with Crippen LogP contribution >= 0.6 is 0 Å². The minimum Gasteiger partial charge on any atom is -0.462 e. The molecule has 0 spiro atoms. The molecule has 0 radical (unpaired) electrons. The van der Waals surface area contributed by atoms with Gasteiger partial charge in [0.15, 0.2) is 0 Å². The van der Waals surface area contributed by atoms with Gasteiger partial charge in [0.2, 0.25) is 0 Å². The van der Waals surface area contributed by atoms with Crippen LogP contribution in [0.2, 0.25) is 0 Å². The second-order valence-corrected chi connectivity index (χ2v) is 5.01. The molecule has 2 rings (SSSR count). The number of carbonyl (C=O) groups is 2. The van der Waals surface area contributed by atoms with Crippen LogP contribution in [-0.2, 0) is 16.1 Å². The fourth-order valence-electron chi connectivity index (χ4n) is 2.08. The minimum absolute atomic E-state index is 0.302. The Morgan fingerprint density at radius 2 is 1.71 bits per heavy atom. The predicted molar refractivity (Wildman–Crippen MR) is 92.2 cm³/mol. The number of hydrogen-bond acceptors (Lipinski definition) is 4. The van der Waals surface area contributed by atoms with Gasteiger partial charge in [0.25, 0.3) is 0 Å². The Morgan fingerprint density at radius 3 is 2.38 bits per heavy atom. The van der Waals surface area contributed by atoms with Crippen LogP contribution in [0.25, 0.3) is 0 Å². The molecule has 0 aliphatic carbocycles. The van der Waals surface area contributed by atoms with Gasteiger partial charge in [-0.2, -0.15) is 0 Å². The standard InChI is InChI=1S/C18H20N2O4/c1-3-24-17(21)14-5-4-6-16(11-14)20-18(22)19-15-9-7-13(8-10-15)12-23-2/h4-11H,3,12H2,1-2H3,(H2,19,20,22). The summed E-state index contributed by atoms with van der Waals surface area (Å²) in [5.74, 6) is -0.421. The number of amides is 2. The second-order valence-electron chi connectivity index (χ2n) is 5.01. The Balaban J connectivity index is 1.96. The van der Waals surface area contributed by atoms with Gasteiger partial charge >= 0.3 is 12.0 Å². The lowest BCUT2D eigenvalue weighted by Crippen LogP contribution is -2.19. The molecule has 0 saturated carbocycles. The van der Waals surface area contributed by atoms with E-state index >= 15 is 0 Å². The van der Waals surface area contributed by atoms with Crippen LogP contribution in [0.1, 0.15) is 22.8 Å². The summed E-state index contributed by atoms with van der Waals surface area (Å²) in [6.45, 7) is 2.56. The molecule has 2 aromatic rings. The lowest BCUT2D eigenvalue weighted by Gasteiger charge is -2.09. The maximum atomic E-state index is 12.0. The fourth-order valence-corrected chi connectivity index (χ4v) is 2.08. The molecule has 6 nitrogen and oxygen atoms in total. The van der Waals surface area contributed by atoms with Crippen LogP contribution < -0.4 is 10.6 Å². The Labute approximate surface area is 140 Å². The van der Waals surface area contributed by atoms with Crippen molar-refractivity contribution in [3.8, 4) is 0 Å². The average Bonchev–Trinajstić information content (AvgIpc) is 2.57. The van der Waals surface area contributed by atoms with Gasteiger partial charge in [0.1, 0.15) is 0 Å². The smallest absolute Gasteiger partial charge is 0.338 e. The molecular formula is C18H20N2O4. The van der Waals surface area contributed by atoms with E-state index in [-0.39, 0.29) is 0 Å². The third kappa shape index (κ3) is 5.10. The zero-order chi connectivity index (χ0) is 17.4. The highest BCUT2D eigenvalue weighted by molar-refractivity contribution is 6.00. The van der Waals surface area contributed by atoms with Crippen molar-refractivity contribution in [2.75, 3.05) is 24.4 Å². The van der Waals surface area contributed by atoms with E-state index < -0.39 is 12.0 Å². The number of ether oxygens (including phenoxy) is 2. The summed E-state index contributed by atoms with van der Waals surface area (Å²) in [6.07, 6.45) is 0. The summed E-state index contributed by atoms with van der Waals surface area (Å²) < 4.78 is 9.98. The molecule has 0 fully saturated rings. The van der Waals surface area contributed by atoms with Crippen LogP contribution in [0, 0.1) is 0 Å². The normalized spacial score (nSPS) is 10.1. The summed E-state index contributed by atoms with van der Waals surface area (Å²) >= 11 is 0. The number of benzene rings is 2. The second kappa shape index (κ2) is 8.69. The highest BCUT2D eigenvalue weighted by Gasteiger charge is 2.08. The number of esters is 1. The molecule has 0 aromatic heterocycles. The SMILES string of the molecule is CCOC(=O)c1cccc(NC(=O)Nc2ccc(COC)cc2)c1. The molecule has 0 unspecified atom stereocenters. The van der Waals surface area contributed by atoms with Crippen molar-refractivity contribution in [2.45, 2.75) is 13.5 Å². The molecule has 0 heterocycles. The predicted octanol–water partition coefficient (Wildman–Crippen LogP) is 3.65. The molecule has 6 heteroatoms. The van der Waals surface area contributed by atoms with Gasteiger partial charge in [-0.05, 0) is 42.8 Å². The van der Waals surface area contributed by atoms with E-state index in [0.29, 0.717) is 30.2 Å². The minimum atomic E-state index is -0.421. The summed E-state index contributed by atoms with van der Waals surface area (Å²) in [6, 6.07) is 13.5. The molecule has 126 valence electrons. The maximum absolute atomic E-state index is 12.0. The lowest BCUT2D eigenvalue weighted by molar-refractivity contribution is 0.0526. The van der Waals surface area contributed by atoms with Gasteiger partial charge in [0, 0.05) is 18.5 Å². The van der Waals surface area contributed by atoms with Gasteiger partial charge in [-0.3, -0.25) is 0 Å². The fraction of sp³-hybridized carbons (Fsp3) is 0.222. The molecule has 24 heavy (non-hydrogen) atoms. The lowest BCUT2D eigenvalue weighted by atomic mass is 10.2. The first-order chi connectivity index (χ1) is 11.6. The van der Waals surface area contributed by atoms with Gasteiger partial charge in [0.05, 0.1) is 18.8 Å². The number of hydrogen-bond donors (Lipinski definition) is 2. The number of urea groups is 1. The summed E-state index contributed by atoms with van der Waals surface area (Å²) in [7, 11) is 1.63. The van der Waals surface area contributed by atoms with E-state index in [4.69, 9.17) is 9.47 Å². The molecule has 0 saturated heterocycles. The number of rotatable bonds is 6. The van der Waals surface area contributed by atoms with Crippen molar-refractivity contribution >= 4 is 23.4 Å². The average molecular weight is 328 g/mol. The summed E-state index contributed by atoms with van der Waals surface area (Å²) in [5, 5.41) is 5.41. The Bertz CT molecular complexity index is 698. The van der Waals surface area contributed by atoms with Crippen molar-refractivity contribution in [1.82, 2.24) is 0 Å². The van der Waals surface area contributed by atoms with Crippen molar-refractivity contribution in [2.24, 2.45) is 0 Å². The molecule has 0 atom stereocenters. The Hall–Kier alpha value is -2.86. The van der Waals surface area contributed by atoms with Gasteiger partial charge < -0.3 is 20.1 Å². The first-order valence-corrected chi connectivity index (χ1v) is 7.55. The number of nitrogens with one attached hydrogen (secondary N) is 2. The zero-order valence-corrected chi connectivity index (χ0v) is 13.7. The highest BCUT2D eigenvalue weighted by Crippen LogP contribution is 2.14. The summed E-state index contributed by atoms with van der Waals surface area (Å²) in [4.78, 5) is 23.7. The molecule has 2 N–H and O–H groups in total. The van der Waals surface area contributed by atoms with Crippen LogP contribution in [0.4, 0.5) is 16.2 Å². The molecular weight excluding hydrogens is 308 g/mol. The van der Waals surface area contributed by atoms with Crippen LogP contribution in [0.5, 0.6) is 0 Å². The molecule has 0 aliphatic heterocycles. The van der Waals surface area contributed by atoms with E-state index in [1.54, 1.807) is 50.4 Å². The molecule has 0 aliphatic rings.